The third-order valence-corrected chi connectivity index (χ3v) is 6.31. The molecule has 1 aliphatic rings. The molecule has 0 unspecified atom stereocenters. The van der Waals surface area contributed by atoms with Crippen LogP contribution in [0.25, 0.3) is 5.69 Å². The molecule has 1 N–H and O–H groups in total. The van der Waals surface area contributed by atoms with E-state index in [1.54, 1.807) is 6.92 Å². The zero-order valence-corrected chi connectivity index (χ0v) is 19.4. The molecule has 0 bridgehead atoms. The number of hydrogen-bond donors (Lipinski definition) is 1. The largest absolute Gasteiger partial charge is 0.416 e. The van der Waals surface area contributed by atoms with Gasteiger partial charge >= 0.3 is 6.18 Å². The van der Waals surface area contributed by atoms with Crippen LogP contribution in [0.15, 0.2) is 47.6 Å². The molecule has 2 heterocycles. The Morgan fingerprint density at radius 1 is 1.18 bits per heavy atom. The minimum absolute atomic E-state index is 0.104. The number of anilines is 2. The standard InChI is InChI=1S/C22H23F3N6O2S/c1-14-4-3-5-17(12-14)31-21(27-28-29-31)34-15(2)20(32)26-18-13-16(22(23,24)25)6-7-19(18)30-8-10-33-11-9-30/h3-7,12-13,15H,8-11H2,1-2H3,(H,26,32)/t15-/m0/s1. The fraction of sp³-hybridized carbons (Fsp3) is 0.364. The van der Waals surface area contributed by atoms with Crippen LogP contribution < -0.4 is 10.2 Å². The molecule has 180 valence electrons. The van der Waals surface area contributed by atoms with Crippen LogP contribution in [0.4, 0.5) is 24.5 Å². The Hall–Kier alpha value is -3.12. The van der Waals surface area contributed by atoms with E-state index in [4.69, 9.17) is 4.74 Å². The van der Waals surface area contributed by atoms with E-state index in [0.717, 1.165) is 35.1 Å². The van der Waals surface area contributed by atoms with Crippen LogP contribution in [0.2, 0.25) is 0 Å². The zero-order valence-electron chi connectivity index (χ0n) is 18.5. The Bertz CT molecular complexity index is 1160. The Morgan fingerprint density at radius 3 is 2.65 bits per heavy atom. The summed E-state index contributed by atoms with van der Waals surface area (Å²) in [6, 6.07) is 10.9. The molecule has 34 heavy (non-hydrogen) atoms. The molecule has 0 aliphatic carbocycles. The number of carbonyl (C=O) groups is 1. The summed E-state index contributed by atoms with van der Waals surface area (Å²) in [6.07, 6.45) is -4.53. The Balaban J connectivity index is 1.55. The van der Waals surface area contributed by atoms with Gasteiger partial charge in [-0.1, -0.05) is 23.9 Å². The summed E-state index contributed by atoms with van der Waals surface area (Å²) >= 11 is 1.12. The Labute approximate surface area is 198 Å². The normalized spacial score (nSPS) is 15.3. The minimum atomic E-state index is -4.53. The maximum absolute atomic E-state index is 13.3. The second kappa shape index (κ2) is 10.0. The number of rotatable bonds is 6. The van der Waals surface area contributed by atoms with Crippen molar-refractivity contribution in [2.24, 2.45) is 0 Å². The van der Waals surface area contributed by atoms with Gasteiger partial charge in [0, 0.05) is 13.1 Å². The SMILES string of the molecule is Cc1cccc(-n2nnnc2S[C@@H](C)C(=O)Nc2cc(C(F)(F)F)ccc2N2CCOCC2)c1. The molecule has 1 aromatic heterocycles. The number of nitrogens with zero attached hydrogens (tertiary/aromatic N) is 5. The van der Waals surface area contributed by atoms with Crippen LogP contribution in [0, 0.1) is 6.92 Å². The number of alkyl halides is 3. The van der Waals surface area contributed by atoms with Gasteiger partial charge in [-0.15, -0.1) is 5.10 Å². The fourth-order valence-corrected chi connectivity index (χ4v) is 4.32. The molecule has 12 heteroatoms. The average molecular weight is 493 g/mol. The molecule has 4 rings (SSSR count). The van der Waals surface area contributed by atoms with Crippen molar-refractivity contribution in [3.8, 4) is 5.69 Å². The predicted octanol–water partition coefficient (Wildman–Crippen LogP) is 3.95. The van der Waals surface area contributed by atoms with Gasteiger partial charge in [0.2, 0.25) is 11.1 Å². The summed E-state index contributed by atoms with van der Waals surface area (Å²) in [6.45, 7) is 5.55. The van der Waals surface area contributed by atoms with E-state index in [2.05, 4.69) is 20.8 Å². The third kappa shape index (κ3) is 5.50. The summed E-state index contributed by atoms with van der Waals surface area (Å²) in [5.41, 5.74) is 1.56. The molecule has 1 aliphatic heterocycles. The number of morpholine rings is 1. The first kappa shape index (κ1) is 24.0. The van der Waals surface area contributed by atoms with Crippen molar-refractivity contribution < 1.29 is 22.7 Å². The number of hydrogen-bond acceptors (Lipinski definition) is 7. The van der Waals surface area contributed by atoms with E-state index in [-0.39, 0.29) is 5.69 Å². The molecule has 1 amide bonds. The van der Waals surface area contributed by atoms with Gasteiger partial charge < -0.3 is 15.0 Å². The highest BCUT2D eigenvalue weighted by Crippen LogP contribution is 2.36. The number of carbonyl (C=O) groups excluding carboxylic acids is 1. The third-order valence-electron chi connectivity index (χ3n) is 5.27. The molecule has 1 atom stereocenters. The van der Waals surface area contributed by atoms with Crippen molar-refractivity contribution in [1.29, 1.82) is 0 Å². The van der Waals surface area contributed by atoms with Crippen molar-refractivity contribution in [3.05, 3.63) is 53.6 Å². The lowest BCUT2D eigenvalue weighted by Gasteiger charge is -2.31. The van der Waals surface area contributed by atoms with E-state index in [9.17, 15) is 18.0 Å². The number of nitrogens with one attached hydrogen (secondary N) is 1. The monoisotopic (exact) mass is 492 g/mol. The summed E-state index contributed by atoms with van der Waals surface area (Å²) in [7, 11) is 0. The number of aryl methyl sites for hydroxylation is 1. The molecule has 2 aromatic carbocycles. The summed E-state index contributed by atoms with van der Waals surface area (Å²) in [5, 5.41) is 14.1. The molecule has 0 radical (unpaired) electrons. The van der Waals surface area contributed by atoms with Crippen molar-refractivity contribution >= 4 is 29.0 Å². The molecule has 3 aromatic rings. The van der Waals surface area contributed by atoms with Crippen molar-refractivity contribution in [3.63, 3.8) is 0 Å². The van der Waals surface area contributed by atoms with Crippen LogP contribution >= 0.6 is 11.8 Å². The van der Waals surface area contributed by atoms with E-state index in [0.29, 0.717) is 37.1 Å². The Kier molecular flexibility index (Phi) is 7.08. The van der Waals surface area contributed by atoms with Gasteiger partial charge in [0.05, 0.1) is 41.1 Å². The maximum Gasteiger partial charge on any atom is 0.416 e. The number of tetrazole rings is 1. The van der Waals surface area contributed by atoms with Gasteiger partial charge in [-0.2, -0.15) is 17.9 Å². The molecule has 1 fully saturated rings. The molecule has 8 nitrogen and oxygen atoms in total. The quantitative estimate of drug-likeness (QED) is 0.522. The van der Waals surface area contributed by atoms with E-state index >= 15 is 0 Å². The van der Waals surface area contributed by atoms with Gasteiger partial charge in [0.15, 0.2) is 0 Å². The second-order valence-corrected chi connectivity index (χ2v) is 9.10. The van der Waals surface area contributed by atoms with Gasteiger partial charge in [0.25, 0.3) is 0 Å². The topological polar surface area (TPSA) is 85.2 Å². The number of halogens is 3. The lowest BCUT2D eigenvalue weighted by Crippen LogP contribution is -2.37. The van der Waals surface area contributed by atoms with E-state index in [1.807, 2.05) is 36.1 Å². The van der Waals surface area contributed by atoms with Gasteiger partial charge in [-0.25, -0.2) is 0 Å². The van der Waals surface area contributed by atoms with Crippen LogP contribution in [-0.2, 0) is 15.7 Å². The van der Waals surface area contributed by atoms with Gasteiger partial charge in [-0.05, 0) is 60.2 Å². The summed E-state index contributed by atoms with van der Waals surface area (Å²) in [4.78, 5) is 14.9. The highest BCUT2D eigenvalue weighted by atomic mass is 32.2. The van der Waals surface area contributed by atoms with Crippen molar-refractivity contribution in [2.75, 3.05) is 36.5 Å². The number of benzene rings is 2. The fourth-order valence-electron chi connectivity index (χ4n) is 3.51. The molecular weight excluding hydrogens is 469 g/mol. The van der Waals surface area contributed by atoms with Gasteiger partial charge in [0.1, 0.15) is 0 Å². The lowest BCUT2D eigenvalue weighted by atomic mass is 10.1. The second-order valence-electron chi connectivity index (χ2n) is 7.79. The Morgan fingerprint density at radius 2 is 1.94 bits per heavy atom. The minimum Gasteiger partial charge on any atom is -0.378 e. The van der Waals surface area contributed by atoms with Crippen molar-refractivity contribution in [1.82, 2.24) is 20.2 Å². The lowest BCUT2D eigenvalue weighted by molar-refractivity contribution is -0.137. The van der Waals surface area contributed by atoms with E-state index in [1.165, 1.54) is 10.7 Å². The molecule has 0 saturated carbocycles. The number of thioether (sulfide) groups is 1. The molecule has 1 saturated heterocycles. The predicted molar refractivity (Wildman–Crippen MR) is 122 cm³/mol. The zero-order chi connectivity index (χ0) is 24.3. The molecule has 0 spiro atoms. The summed E-state index contributed by atoms with van der Waals surface area (Å²) in [5.74, 6) is -0.461. The highest BCUT2D eigenvalue weighted by molar-refractivity contribution is 8.00. The van der Waals surface area contributed by atoms with E-state index < -0.39 is 22.9 Å². The van der Waals surface area contributed by atoms with Crippen LogP contribution in [0.1, 0.15) is 18.1 Å². The average Bonchev–Trinajstić information content (AvgIpc) is 3.27. The first-order chi connectivity index (χ1) is 16.2. The van der Waals surface area contributed by atoms with Crippen molar-refractivity contribution in [2.45, 2.75) is 30.4 Å². The van der Waals surface area contributed by atoms with Crippen LogP contribution in [-0.4, -0.2) is 57.7 Å². The number of aromatic nitrogens is 4. The first-order valence-corrected chi connectivity index (χ1v) is 11.5. The first-order valence-electron chi connectivity index (χ1n) is 10.6. The number of amides is 1. The maximum atomic E-state index is 13.3. The van der Waals surface area contributed by atoms with Gasteiger partial charge in [-0.3, -0.25) is 4.79 Å². The van der Waals surface area contributed by atoms with Crippen LogP contribution in [0.3, 0.4) is 0 Å². The smallest absolute Gasteiger partial charge is 0.378 e. The number of ether oxygens (including phenoxy) is 1. The highest BCUT2D eigenvalue weighted by Gasteiger charge is 2.32. The summed E-state index contributed by atoms with van der Waals surface area (Å²) < 4.78 is 46.9. The molecular formula is C22H23F3N6O2S. The van der Waals surface area contributed by atoms with Crippen LogP contribution in [0.5, 0.6) is 0 Å².